The first kappa shape index (κ1) is 16.0. The molecule has 0 fully saturated rings. The minimum atomic E-state index is -3.75. The maximum Gasteiger partial charge on any atom is 0.260 e. The molecule has 1 atom stereocenters. The van der Waals surface area contributed by atoms with Crippen molar-refractivity contribution in [2.75, 3.05) is 5.88 Å². The van der Waals surface area contributed by atoms with Crippen molar-refractivity contribution in [1.29, 1.82) is 0 Å². The second-order valence-electron chi connectivity index (χ2n) is 5.17. The van der Waals surface area contributed by atoms with Gasteiger partial charge in [-0.1, -0.05) is 30.3 Å². The SMILES string of the molecule is Cc1nc(S(=O)(=O)NC(C)(CCl)c2ccccc2)cn1C. The molecule has 114 valence electrons. The van der Waals surface area contributed by atoms with Gasteiger partial charge < -0.3 is 4.57 Å². The Morgan fingerprint density at radius 2 is 1.95 bits per heavy atom. The highest BCUT2D eigenvalue weighted by Crippen LogP contribution is 2.24. The summed E-state index contributed by atoms with van der Waals surface area (Å²) in [6.45, 7) is 3.50. The highest BCUT2D eigenvalue weighted by atomic mass is 35.5. The van der Waals surface area contributed by atoms with E-state index in [1.54, 1.807) is 25.5 Å². The molecule has 1 unspecified atom stereocenters. The lowest BCUT2D eigenvalue weighted by Gasteiger charge is -2.28. The number of benzene rings is 1. The first-order valence-corrected chi connectivity index (χ1v) is 8.46. The molecule has 0 spiro atoms. The number of aryl methyl sites for hydroxylation is 2. The van der Waals surface area contributed by atoms with E-state index in [0.717, 1.165) is 5.56 Å². The molecule has 21 heavy (non-hydrogen) atoms. The Labute approximate surface area is 130 Å². The number of sulfonamides is 1. The molecule has 0 aliphatic rings. The summed E-state index contributed by atoms with van der Waals surface area (Å²) in [5.74, 6) is 0.741. The van der Waals surface area contributed by atoms with E-state index in [1.165, 1.54) is 6.20 Å². The molecule has 0 aliphatic carbocycles. The van der Waals surface area contributed by atoms with E-state index in [-0.39, 0.29) is 10.9 Å². The van der Waals surface area contributed by atoms with Crippen LogP contribution in [0, 0.1) is 6.92 Å². The molecule has 0 bridgehead atoms. The van der Waals surface area contributed by atoms with Gasteiger partial charge in [-0.05, 0) is 19.4 Å². The monoisotopic (exact) mass is 327 g/mol. The van der Waals surface area contributed by atoms with Crippen LogP contribution in [-0.4, -0.2) is 23.8 Å². The molecule has 0 amide bonds. The molecule has 5 nitrogen and oxygen atoms in total. The number of imidazole rings is 1. The Kier molecular flexibility index (Phi) is 4.41. The largest absolute Gasteiger partial charge is 0.337 e. The van der Waals surface area contributed by atoms with Crippen LogP contribution in [0.25, 0.3) is 0 Å². The maximum atomic E-state index is 12.5. The molecular formula is C14H18ClN3O2S. The molecule has 1 aromatic heterocycles. The Hall–Kier alpha value is -1.37. The molecule has 1 N–H and O–H groups in total. The molecule has 1 aromatic carbocycles. The Morgan fingerprint density at radius 3 is 2.43 bits per heavy atom. The fourth-order valence-corrected chi connectivity index (χ4v) is 3.71. The predicted octanol–water partition coefficient (Wildman–Crippen LogP) is 2.16. The van der Waals surface area contributed by atoms with Gasteiger partial charge in [0.15, 0.2) is 5.03 Å². The van der Waals surface area contributed by atoms with Gasteiger partial charge in [-0.15, -0.1) is 11.6 Å². The first-order chi connectivity index (χ1) is 9.78. The summed E-state index contributed by atoms with van der Waals surface area (Å²) in [7, 11) is -2.00. The number of hydrogen-bond donors (Lipinski definition) is 1. The van der Waals surface area contributed by atoms with E-state index >= 15 is 0 Å². The fraction of sp³-hybridized carbons (Fsp3) is 0.357. The Bertz CT molecular complexity index is 708. The highest BCUT2D eigenvalue weighted by Gasteiger charge is 2.33. The van der Waals surface area contributed by atoms with E-state index in [1.807, 2.05) is 30.3 Å². The predicted molar refractivity (Wildman–Crippen MR) is 82.8 cm³/mol. The smallest absolute Gasteiger partial charge is 0.260 e. The number of rotatable bonds is 5. The summed E-state index contributed by atoms with van der Waals surface area (Å²) in [5, 5.41) is -0.00484. The van der Waals surface area contributed by atoms with Gasteiger partial charge >= 0.3 is 0 Å². The second-order valence-corrected chi connectivity index (χ2v) is 7.07. The van der Waals surface area contributed by atoms with Crippen molar-refractivity contribution in [2.45, 2.75) is 24.4 Å². The third-order valence-electron chi connectivity index (χ3n) is 3.40. The van der Waals surface area contributed by atoms with E-state index < -0.39 is 15.6 Å². The van der Waals surface area contributed by atoms with E-state index in [0.29, 0.717) is 5.82 Å². The van der Waals surface area contributed by atoms with Crippen molar-refractivity contribution in [2.24, 2.45) is 7.05 Å². The number of halogens is 1. The normalized spacial score (nSPS) is 14.9. The van der Waals surface area contributed by atoms with Crippen LogP contribution >= 0.6 is 11.6 Å². The van der Waals surface area contributed by atoms with Gasteiger partial charge in [0, 0.05) is 19.1 Å². The van der Waals surface area contributed by atoms with Crippen LogP contribution in [0.1, 0.15) is 18.3 Å². The number of nitrogens with one attached hydrogen (secondary N) is 1. The van der Waals surface area contributed by atoms with Gasteiger partial charge in [-0.3, -0.25) is 0 Å². The lowest BCUT2D eigenvalue weighted by atomic mass is 9.96. The molecule has 2 rings (SSSR count). The van der Waals surface area contributed by atoms with Crippen molar-refractivity contribution in [3.05, 3.63) is 47.9 Å². The van der Waals surface area contributed by atoms with Crippen molar-refractivity contribution < 1.29 is 8.42 Å². The molecule has 0 aliphatic heterocycles. The minimum Gasteiger partial charge on any atom is -0.337 e. The van der Waals surface area contributed by atoms with Crippen LogP contribution < -0.4 is 4.72 Å². The van der Waals surface area contributed by atoms with Crippen molar-refractivity contribution in [1.82, 2.24) is 14.3 Å². The third kappa shape index (κ3) is 3.28. The molecule has 7 heteroatoms. The summed E-state index contributed by atoms with van der Waals surface area (Å²) in [6.07, 6.45) is 1.48. The Balaban J connectivity index is 2.38. The Morgan fingerprint density at radius 1 is 1.33 bits per heavy atom. The average molecular weight is 328 g/mol. The standard InChI is InChI=1S/C14H18ClN3O2S/c1-11-16-13(9-18(11)3)21(19,20)17-14(2,10-15)12-7-5-4-6-8-12/h4-9,17H,10H2,1-3H3. The van der Waals surface area contributed by atoms with Crippen LogP contribution in [0.5, 0.6) is 0 Å². The van der Waals surface area contributed by atoms with E-state index in [2.05, 4.69) is 9.71 Å². The van der Waals surface area contributed by atoms with Gasteiger partial charge in [0.2, 0.25) is 0 Å². The lowest BCUT2D eigenvalue weighted by molar-refractivity contribution is 0.475. The zero-order valence-corrected chi connectivity index (χ0v) is 13.7. The zero-order chi connectivity index (χ0) is 15.7. The van der Waals surface area contributed by atoms with Gasteiger partial charge in [0.25, 0.3) is 10.0 Å². The average Bonchev–Trinajstić information content (AvgIpc) is 2.80. The highest BCUT2D eigenvalue weighted by molar-refractivity contribution is 7.89. The summed E-state index contributed by atoms with van der Waals surface area (Å²) < 4.78 is 29.3. The van der Waals surface area contributed by atoms with Crippen molar-refractivity contribution in [3.8, 4) is 0 Å². The maximum absolute atomic E-state index is 12.5. The molecule has 0 saturated carbocycles. The number of aromatic nitrogens is 2. The molecule has 0 radical (unpaired) electrons. The van der Waals surface area contributed by atoms with Gasteiger partial charge in [0.05, 0.1) is 5.54 Å². The third-order valence-corrected chi connectivity index (χ3v) is 5.40. The summed E-state index contributed by atoms with van der Waals surface area (Å²) in [6, 6.07) is 9.25. The van der Waals surface area contributed by atoms with Gasteiger partial charge in [-0.25, -0.2) is 13.4 Å². The number of hydrogen-bond acceptors (Lipinski definition) is 3. The van der Waals surface area contributed by atoms with Gasteiger partial charge in [0.1, 0.15) is 5.82 Å². The molecule has 1 heterocycles. The first-order valence-electron chi connectivity index (χ1n) is 6.44. The molecular weight excluding hydrogens is 310 g/mol. The van der Waals surface area contributed by atoms with E-state index in [9.17, 15) is 8.42 Å². The minimum absolute atomic E-state index is 0.00484. The van der Waals surface area contributed by atoms with Crippen LogP contribution in [0.3, 0.4) is 0 Å². The molecule has 0 saturated heterocycles. The van der Waals surface area contributed by atoms with Crippen molar-refractivity contribution >= 4 is 21.6 Å². The van der Waals surface area contributed by atoms with E-state index in [4.69, 9.17) is 11.6 Å². The van der Waals surface area contributed by atoms with Crippen LogP contribution in [-0.2, 0) is 22.6 Å². The number of alkyl halides is 1. The van der Waals surface area contributed by atoms with Crippen molar-refractivity contribution in [3.63, 3.8) is 0 Å². The summed E-state index contributed by atoms with van der Waals surface area (Å²) in [5.41, 5.74) is -0.0937. The van der Waals surface area contributed by atoms with Crippen LogP contribution in [0.4, 0.5) is 0 Å². The van der Waals surface area contributed by atoms with Crippen LogP contribution in [0.15, 0.2) is 41.6 Å². The molecule has 2 aromatic rings. The lowest BCUT2D eigenvalue weighted by Crippen LogP contribution is -2.45. The fourth-order valence-electron chi connectivity index (χ4n) is 1.97. The zero-order valence-electron chi connectivity index (χ0n) is 12.2. The summed E-state index contributed by atoms with van der Waals surface area (Å²) in [4.78, 5) is 4.06. The topological polar surface area (TPSA) is 64.0 Å². The van der Waals surface area contributed by atoms with Crippen LogP contribution in [0.2, 0.25) is 0 Å². The number of nitrogens with zero attached hydrogens (tertiary/aromatic N) is 2. The quantitative estimate of drug-likeness (QED) is 0.856. The summed E-state index contributed by atoms with van der Waals surface area (Å²) >= 11 is 6.02. The second kappa shape index (κ2) is 5.79. The van der Waals surface area contributed by atoms with Gasteiger partial charge in [-0.2, -0.15) is 4.72 Å².